The van der Waals surface area contributed by atoms with Crippen LogP contribution in [-0.2, 0) is 4.79 Å². The van der Waals surface area contributed by atoms with Crippen LogP contribution in [0, 0.1) is 5.92 Å². The van der Waals surface area contributed by atoms with Gasteiger partial charge in [0.1, 0.15) is 6.54 Å². The second kappa shape index (κ2) is 7.49. The third-order valence-electron chi connectivity index (χ3n) is 1.91. The lowest BCUT2D eigenvalue weighted by molar-refractivity contribution is -0.137. The Labute approximate surface area is 93.8 Å². The molecule has 1 amide bonds. The lowest BCUT2D eigenvalue weighted by Gasteiger charge is -2.09. The summed E-state index contributed by atoms with van der Waals surface area (Å²) in [6.45, 7) is 3.51. The summed E-state index contributed by atoms with van der Waals surface area (Å²) in [6.07, 6.45) is -2.38. The van der Waals surface area contributed by atoms with Crippen molar-refractivity contribution in [3.8, 4) is 0 Å². The van der Waals surface area contributed by atoms with Crippen LogP contribution in [-0.4, -0.2) is 31.7 Å². The fourth-order valence-electron chi connectivity index (χ4n) is 1.10. The van der Waals surface area contributed by atoms with Crippen LogP contribution in [0.25, 0.3) is 0 Å². The first-order valence-corrected chi connectivity index (χ1v) is 5.35. The summed E-state index contributed by atoms with van der Waals surface area (Å²) < 4.78 is 35.1. The summed E-state index contributed by atoms with van der Waals surface area (Å²) in [5.41, 5.74) is 0. The van der Waals surface area contributed by atoms with Gasteiger partial charge in [-0.2, -0.15) is 13.2 Å². The summed E-state index contributed by atoms with van der Waals surface area (Å²) in [4.78, 5) is 10.9. The number of nitrogens with one attached hydrogen (secondary N) is 2. The normalized spacial score (nSPS) is 11.9. The van der Waals surface area contributed by atoms with Crippen LogP contribution >= 0.6 is 0 Å². The Kier molecular flexibility index (Phi) is 7.12. The second-order valence-electron chi connectivity index (χ2n) is 4.10. The van der Waals surface area contributed by atoms with Gasteiger partial charge in [-0.3, -0.25) is 4.79 Å². The zero-order valence-electron chi connectivity index (χ0n) is 9.66. The molecule has 0 saturated heterocycles. The van der Waals surface area contributed by atoms with E-state index in [0.717, 1.165) is 12.8 Å². The molecule has 0 rings (SSSR count). The van der Waals surface area contributed by atoms with Gasteiger partial charge in [-0.25, -0.2) is 0 Å². The van der Waals surface area contributed by atoms with Crippen molar-refractivity contribution in [2.75, 3.05) is 19.6 Å². The van der Waals surface area contributed by atoms with E-state index in [-0.39, 0.29) is 6.54 Å². The number of rotatable bonds is 7. The number of hydrogen-bond acceptors (Lipinski definition) is 2. The summed E-state index contributed by atoms with van der Waals surface area (Å²) in [7, 11) is 0. The Bertz CT molecular complexity index is 205. The Morgan fingerprint density at radius 2 is 1.94 bits per heavy atom. The van der Waals surface area contributed by atoms with Crippen LogP contribution in [0.5, 0.6) is 0 Å². The largest absolute Gasteiger partial charge is 0.405 e. The van der Waals surface area contributed by atoms with E-state index < -0.39 is 18.6 Å². The molecule has 0 heterocycles. The van der Waals surface area contributed by atoms with E-state index in [4.69, 9.17) is 0 Å². The molecule has 0 aromatic carbocycles. The molecule has 0 radical (unpaired) electrons. The molecule has 3 nitrogen and oxygen atoms in total. The average Bonchev–Trinajstić information content (AvgIpc) is 2.12. The van der Waals surface area contributed by atoms with Crippen molar-refractivity contribution in [3.63, 3.8) is 0 Å². The molecule has 0 aromatic rings. The minimum atomic E-state index is -4.34. The third kappa shape index (κ3) is 11.3. The Morgan fingerprint density at radius 1 is 1.31 bits per heavy atom. The van der Waals surface area contributed by atoms with Gasteiger partial charge in [-0.05, 0) is 25.3 Å². The number of alkyl halides is 3. The predicted molar refractivity (Wildman–Crippen MR) is 56.0 cm³/mol. The molecule has 2 N–H and O–H groups in total. The molecule has 96 valence electrons. The maximum atomic E-state index is 11.7. The summed E-state index contributed by atoms with van der Waals surface area (Å²) in [5.74, 6) is -0.0253. The van der Waals surface area contributed by atoms with Gasteiger partial charge in [-0.15, -0.1) is 0 Å². The standard InChI is InChI=1S/C10H19F3N2O/c1-8(2)4-3-5-14-6-9(16)15-7-10(11,12)13/h8,14H,3-7H2,1-2H3,(H,15,16). The van der Waals surface area contributed by atoms with Crippen LogP contribution in [0.1, 0.15) is 26.7 Å². The van der Waals surface area contributed by atoms with Gasteiger partial charge >= 0.3 is 6.18 Å². The van der Waals surface area contributed by atoms with Gasteiger partial charge in [0.2, 0.25) is 5.91 Å². The number of amides is 1. The van der Waals surface area contributed by atoms with Gasteiger partial charge in [0, 0.05) is 0 Å². The molecule has 0 fully saturated rings. The van der Waals surface area contributed by atoms with E-state index in [0.29, 0.717) is 12.5 Å². The molecule has 0 aliphatic heterocycles. The molecule has 0 spiro atoms. The zero-order chi connectivity index (χ0) is 12.6. The molecule has 0 aromatic heterocycles. The van der Waals surface area contributed by atoms with Crippen molar-refractivity contribution < 1.29 is 18.0 Å². The topological polar surface area (TPSA) is 41.1 Å². The molecular weight excluding hydrogens is 221 g/mol. The number of carbonyl (C=O) groups excluding carboxylic acids is 1. The SMILES string of the molecule is CC(C)CCCNCC(=O)NCC(F)(F)F. The molecule has 0 atom stereocenters. The Hall–Kier alpha value is -0.780. The van der Waals surface area contributed by atoms with E-state index in [9.17, 15) is 18.0 Å². The van der Waals surface area contributed by atoms with Crippen LogP contribution in [0.3, 0.4) is 0 Å². The fraction of sp³-hybridized carbons (Fsp3) is 0.900. The van der Waals surface area contributed by atoms with E-state index in [1.165, 1.54) is 0 Å². The number of halogens is 3. The zero-order valence-corrected chi connectivity index (χ0v) is 9.66. The highest BCUT2D eigenvalue weighted by molar-refractivity contribution is 5.77. The van der Waals surface area contributed by atoms with Crippen molar-refractivity contribution in [1.82, 2.24) is 10.6 Å². The van der Waals surface area contributed by atoms with Gasteiger partial charge in [0.25, 0.3) is 0 Å². The molecule has 0 aliphatic rings. The molecule has 0 saturated carbocycles. The first kappa shape index (κ1) is 15.2. The number of hydrogen-bond donors (Lipinski definition) is 2. The Morgan fingerprint density at radius 3 is 2.44 bits per heavy atom. The summed E-state index contributed by atoms with van der Waals surface area (Å²) in [6, 6.07) is 0. The van der Waals surface area contributed by atoms with Gasteiger partial charge < -0.3 is 10.6 Å². The van der Waals surface area contributed by atoms with Gasteiger partial charge in [-0.1, -0.05) is 13.8 Å². The fourth-order valence-corrected chi connectivity index (χ4v) is 1.10. The van der Waals surface area contributed by atoms with Crippen molar-refractivity contribution in [2.45, 2.75) is 32.9 Å². The monoisotopic (exact) mass is 240 g/mol. The minimum Gasteiger partial charge on any atom is -0.346 e. The molecular formula is C10H19F3N2O. The third-order valence-corrected chi connectivity index (χ3v) is 1.91. The van der Waals surface area contributed by atoms with Crippen molar-refractivity contribution in [2.24, 2.45) is 5.92 Å². The molecule has 16 heavy (non-hydrogen) atoms. The molecule has 0 unspecified atom stereocenters. The van der Waals surface area contributed by atoms with Gasteiger partial charge in [0.15, 0.2) is 0 Å². The van der Waals surface area contributed by atoms with Crippen LogP contribution in [0.15, 0.2) is 0 Å². The van der Waals surface area contributed by atoms with Crippen molar-refractivity contribution in [3.05, 3.63) is 0 Å². The second-order valence-corrected chi connectivity index (χ2v) is 4.10. The molecule has 0 bridgehead atoms. The Balaban J connectivity index is 3.38. The first-order chi connectivity index (χ1) is 7.31. The summed E-state index contributed by atoms with van der Waals surface area (Å²) in [5, 5.41) is 4.59. The smallest absolute Gasteiger partial charge is 0.346 e. The minimum absolute atomic E-state index is 0.0613. The lowest BCUT2D eigenvalue weighted by atomic mass is 10.1. The van der Waals surface area contributed by atoms with E-state index >= 15 is 0 Å². The van der Waals surface area contributed by atoms with Gasteiger partial charge in [0.05, 0.1) is 6.54 Å². The van der Waals surface area contributed by atoms with E-state index in [1.54, 1.807) is 5.32 Å². The summed E-state index contributed by atoms with van der Waals surface area (Å²) >= 11 is 0. The highest BCUT2D eigenvalue weighted by atomic mass is 19.4. The number of carbonyl (C=O) groups is 1. The predicted octanol–water partition coefficient (Wildman–Crippen LogP) is 1.69. The highest BCUT2D eigenvalue weighted by Gasteiger charge is 2.27. The maximum absolute atomic E-state index is 11.7. The van der Waals surface area contributed by atoms with Crippen LogP contribution in [0.2, 0.25) is 0 Å². The molecule has 0 aliphatic carbocycles. The first-order valence-electron chi connectivity index (χ1n) is 5.35. The highest BCUT2D eigenvalue weighted by Crippen LogP contribution is 2.11. The van der Waals surface area contributed by atoms with Crippen LogP contribution < -0.4 is 10.6 Å². The van der Waals surface area contributed by atoms with Crippen LogP contribution in [0.4, 0.5) is 13.2 Å². The van der Waals surface area contributed by atoms with Crippen molar-refractivity contribution >= 4 is 5.91 Å². The van der Waals surface area contributed by atoms with Crippen molar-refractivity contribution in [1.29, 1.82) is 0 Å². The van der Waals surface area contributed by atoms with E-state index in [1.807, 2.05) is 0 Å². The average molecular weight is 240 g/mol. The maximum Gasteiger partial charge on any atom is 0.405 e. The quantitative estimate of drug-likeness (QED) is 0.665. The van der Waals surface area contributed by atoms with E-state index in [2.05, 4.69) is 19.2 Å². The molecule has 6 heteroatoms. The lowest BCUT2D eigenvalue weighted by Crippen LogP contribution is -2.39.